The number of hydrogen-bond acceptors (Lipinski definition) is 3. The van der Waals surface area contributed by atoms with Crippen molar-refractivity contribution in [2.24, 2.45) is 0 Å². The third-order valence-corrected chi connectivity index (χ3v) is 3.83. The second kappa shape index (κ2) is 5.13. The van der Waals surface area contributed by atoms with Crippen LogP contribution in [0.25, 0.3) is 11.3 Å². The maximum Gasteiger partial charge on any atom is 0.128 e. The zero-order chi connectivity index (χ0) is 14.2. The average Bonchev–Trinajstić information content (AvgIpc) is 2.37. The summed E-state index contributed by atoms with van der Waals surface area (Å²) < 4.78 is 6.19. The Hall–Kier alpha value is -1.68. The Labute approximate surface area is 118 Å². The van der Waals surface area contributed by atoms with Gasteiger partial charge in [-0.3, -0.25) is 5.10 Å². The predicted octanol–water partition coefficient (Wildman–Crippen LogP) is 4.05. The highest BCUT2D eigenvalue weighted by atomic mass is 32.1. The molecule has 0 saturated heterocycles. The minimum Gasteiger partial charge on any atom is -0.496 e. The normalized spacial score (nSPS) is 10.6. The van der Waals surface area contributed by atoms with Crippen molar-refractivity contribution in [3.8, 4) is 17.0 Å². The molecular formula is C15H18N2OS. The Balaban J connectivity index is 2.79. The van der Waals surface area contributed by atoms with Gasteiger partial charge < -0.3 is 4.74 Å². The summed E-state index contributed by atoms with van der Waals surface area (Å²) in [5.41, 5.74) is 6.41. The van der Waals surface area contributed by atoms with Crippen molar-refractivity contribution in [1.82, 2.24) is 10.2 Å². The average molecular weight is 274 g/mol. The van der Waals surface area contributed by atoms with Crippen LogP contribution >= 0.6 is 12.2 Å². The molecule has 1 aromatic carbocycles. The molecule has 0 amide bonds. The van der Waals surface area contributed by atoms with Crippen LogP contribution < -0.4 is 4.74 Å². The smallest absolute Gasteiger partial charge is 0.128 e. The number of nitrogens with one attached hydrogen (secondary N) is 1. The molecular weight excluding hydrogens is 256 g/mol. The SMILES string of the molecule is COc1cc(C)cc(C)c1-c1n[nH]c(=S)c(C)c1C. The van der Waals surface area contributed by atoms with E-state index >= 15 is 0 Å². The van der Waals surface area contributed by atoms with E-state index in [4.69, 9.17) is 17.0 Å². The fourth-order valence-electron chi connectivity index (χ4n) is 2.26. The van der Waals surface area contributed by atoms with Gasteiger partial charge in [0.1, 0.15) is 10.4 Å². The summed E-state index contributed by atoms with van der Waals surface area (Å²) in [6, 6.07) is 4.16. The second-order valence-corrected chi connectivity index (χ2v) is 5.22. The summed E-state index contributed by atoms with van der Waals surface area (Å²) in [4.78, 5) is 0. The standard InChI is InChI=1S/C15H18N2OS/c1-8-6-9(2)13(12(7-8)18-5)14-10(3)11(4)15(19)17-16-14/h6-7H,1-5H3,(H,17,19). The summed E-state index contributed by atoms with van der Waals surface area (Å²) in [6.07, 6.45) is 0. The highest BCUT2D eigenvalue weighted by molar-refractivity contribution is 7.71. The summed E-state index contributed by atoms with van der Waals surface area (Å²) in [6.45, 7) is 8.18. The molecule has 3 nitrogen and oxygen atoms in total. The molecule has 1 N–H and O–H groups in total. The number of aromatic nitrogens is 2. The molecule has 0 spiro atoms. The Morgan fingerprint density at radius 3 is 2.42 bits per heavy atom. The molecule has 0 aliphatic heterocycles. The first kappa shape index (κ1) is 13.7. The molecule has 1 aromatic heterocycles. The number of hydrogen-bond donors (Lipinski definition) is 1. The highest BCUT2D eigenvalue weighted by Gasteiger charge is 2.15. The summed E-state index contributed by atoms with van der Waals surface area (Å²) in [7, 11) is 1.69. The minimum atomic E-state index is 0.685. The van der Waals surface area contributed by atoms with Gasteiger partial charge in [-0.05, 0) is 56.0 Å². The minimum absolute atomic E-state index is 0.685. The van der Waals surface area contributed by atoms with E-state index in [2.05, 4.69) is 30.1 Å². The lowest BCUT2D eigenvalue weighted by Gasteiger charge is -2.15. The van der Waals surface area contributed by atoms with E-state index in [1.807, 2.05) is 19.9 Å². The van der Waals surface area contributed by atoms with Crippen molar-refractivity contribution in [2.45, 2.75) is 27.7 Å². The number of methoxy groups -OCH3 is 1. The molecule has 0 fully saturated rings. The van der Waals surface area contributed by atoms with Gasteiger partial charge in [0.2, 0.25) is 0 Å². The summed E-state index contributed by atoms with van der Waals surface area (Å²) >= 11 is 5.22. The van der Waals surface area contributed by atoms with Crippen LogP contribution in [0.4, 0.5) is 0 Å². The van der Waals surface area contributed by atoms with Crippen LogP contribution in [-0.2, 0) is 0 Å². The van der Waals surface area contributed by atoms with Gasteiger partial charge in [0, 0.05) is 5.56 Å². The number of aryl methyl sites for hydroxylation is 2. The Bertz CT molecular complexity index is 689. The van der Waals surface area contributed by atoms with Crippen LogP contribution in [0.2, 0.25) is 0 Å². The van der Waals surface area contributed by atoms with E-state index in [0.717, 1.165) is 33.7 Å². The number of ether oxygens (including phenoxy) is 1. The molecule has 0 radical (unpaired) electrons. The first-order chi connectivity index (χ1) is 8.95. The van der Waals surface area contributed by atoms with Crippen LogP contribution in [0.5, 0.6) is 5.75 Å². The van der Waals surface area contributed by atoms with Gasteiger partial charge in [-0.15, -0.1) is 0 Å². The number of nitrogens with zero attached hydrogens (tertiary/aromatic N) is 1. The first-order valence-electron chi connectivity index (χ1n) is 6.17. The molecule has 0 saturated carbocycles. The van der Waals surface area contributed by atoms with Gasteiger partial charge in [-0.2, -0.15) is 5.10 Å². The lowest BCUT2D eigenvalue weighted by atomic mass is 9.97. The third kappa shape index (κ3) is 2.40. The quantitative estimate of drug-likeness (QED) is 0.840. The zero-order valence-electron chi connectivity index (χ0n) is 11.9. The Morgan fingerprint density at radius 2 is 1.79 bits per heavy atom. The van der Waals surface area contributed by atoms with E-state index in [1.54, 1.807) is 7.11 Å². The lowest BCUT2D eigenvalue weighted by molar-refractivity contribution is 0.415. The van der Waals surface area contributed by atoms with E-state index in [-0.39, 0.29) is 0 Å². The third-order valence-electron chi connectivity index (χ3n) is 3.43. The highest BCUT2D eigenvalue weighted by Crippen LogP contribution is 2.35. The number of rotatable bonds is 2. The Kier molecular flexibility index (Phi) is 3.71. The van der Waals surface area contributed by atoms with Gasteiger partial charge in [-0.25, -0.2) is 0 Å². The predicted molar refractivity (Wildman–Crippen MR) is 80.4 cm³/mol. The van der Waals surface area contributed by atoms with Gasteiger partial charge >= 0.3 is 0 Å². The molecule has 0 bridgehead atoms. The van der Waals surface area contributed by atoms with Crippen LogP contribution in [-0.4, -0.2) is 17.3 Å². The van der Waals surface area contributed by atoms with Crippen molar-refractivity contribution in [2.75, 3.05) is 7.11 Å². The van der Waals surface area contributed by atoms with Gasteiger partial charge in [0.15, 0.2) is 0 Å². The van der Waals surface area contributed by atoms with E-state index < -0.39 is 0 Å². The van der Waals surface area contributed by atoms with Crippen LogP contribution in [0.1, 0.15) is 22.3 Å². The van der Waals surface area contributed by atoms with Gasteiger partial charge in [0.05, 0.1) is 12.8 Å². The van der Waals surface area contributed by atoms with Crippen molar-refractivity contribution < 1.29 is 4.74 Å². The fraction of sp³-hybridized carbons (Fsp3) is 0.333. The van der Waals surface area contributed by atoms with Crippen molar-refractivity contribution in [3.05, 3.63) is 39.0 Å². The Morgan fingerprint density at radius 1 is 1.11 bits per heavy atom. The van der Waals surface area contributed by atoms with E-state index in [0.29, 0.717) is 4.64 Å². The molecule has 19 heavy (non-hydrogen) atoms. The van der Waals surface area contributed by atoms with Gasteiger partial charge in [-0.1, -0.05) is 18.3 Å². The molecule has 100 valence electrons. The topological polar surface area (TPSA) is 37.9 Å². The molecule has 4 heteroatoms. The van der Waals surface area contributed by atoms with Crippen LogP contribution in [0.15, 0.2) is 12.1 Å². The van der Waals surface area contributed by atoms with E-state index in [1.165, 1.54) is 5.56 Å². The number of H-pyrrole nitrogens is 1. The van der Waals surface area contributed by atoms with Gasteiger partial charge in [0.25, 0.3) is 0 Å². The molecule has 0 aliphatic rings. The molecule has 0 unspecified atom stereocenters. The lowest BCUT2D eigenvalue weighted by Crippen LogP contribution is -2.00. The molecule has 2 rings (SSSR count). The van der Waals surface area contributed by atoms with Crippen molar-refractivity contribution >= 4 is 12.2 Å². The number of aromatic amines is 1. The summed E-state index contributed by atoms with van der Waals surface area (Å²) in [5.74, 6) is 0.845. The fourth-order valence-corrected chi connectivity index (χ4v) is 2.46. The van der Waals surface area contributed by atoms with Crippen molar-refractivity contribution in [3.63, 3.8) is 0 Å². The monoisotopic (exact) mass is 274 g/mol. The largest absolute Gasteiger partial charge is 0.496 e. The maximum atomic E-state index is 5.51. The second-order valence-electron chi connectivity index (χ2n) is 4.81. The maximum absolute atomic E-state index is 5.51. The molecule has 2 aromatic rings. The molecule has 0 aliphatic carbocycles. The van der Waals surface area contributed by atoms with Crippen molar-refractivity contribution in [1.29, 1.82) is 0 Å². The van der Waals surface area contributed by atoms with Crippen LogP contribution in [0.3, 0.4) is 0 Å². The van der Waals surface area contributed by atoms with Crippen LogP contribution in [0, 0.1) is 32.3 Å². The molecule has 0 atom stereocenters. The molecule has 1 heterocycles. The first-order valence-corrected chi connectivity index (χ1v) is 6.58. The number of benzene rings is 1. The zero-order valence-corrected chi connectivity index (χ0v) is 12.7. The van der Waals surface area contributed by atoms with E-state index in [9.17, 15) is 0 Å². The summed E-state index contributed by atoms with van der Waals surface area (Å²) in [5, 5.41) is 7.31.